The van der Waals surface area contributed by atoms with E-state index < -0.39 is 0 Å². The zero-order valence-electron chi connectivity index (χ0n) is 13.9. The van der Waals surface area contributed by atoms with Crippen molar-refractivity contribution in [2.24, 2.45) is 17.8 Å². The smallest absolute Gasteiger partial charge is 0.130 e. The molecule has 1 aliphatic carbocycles. The first-order valence-corrected chi connectivity index (χ1v) is 9.29. The molecule has 2 aliphatic rings. The highest BCUT2D eigenvalue weighted by Crippen LogP contribution is 2.35. The largest absolute Gasteiger partial charge is 0.486 e. The van der Waals surface area contributed by atoms with Gasteiger partial charge in [0.05, 0.1) is 0 Å². The predicted octanol–water partition coefficient (Wildman–Crippen LogP) is 3.34. The van der Waals surface area contributed by atoms with Gasteiger partial charge >= 0.3 is 0 Å². The Hall–Kier alpha value is -0.710. The maximum absolute atomic E-state index is 9.11. The summed E-state index contributed by atoms with van der Waals surface area (Å²) < 4.78 is 6.31. The number of aliphatic hydroxyl groups excluding tert-OH is 1. The molecule has 22 heavy (non-hydrogen) atoms. The van der Waals surface area contributed by atoms with E-state index in [2.05, 4.69) is 43.5 Å². The van der Waals surface area contributed by atoms with Gasteiger partial charge < -0.3 is 15.2 Å². The first-order chi connectivity index (χ1) is 10.6. The summed E-state index contributed by atoms with van der Waals surface area (Å²) in [5.41, 5.74) is 0. The summed E-state index contributed by atoms with van der Waals surface area (Å²) in [6.07, 6.45) is 10.8. The molecule has 1 heterocycles. The van der Waals surface area contributed by atoms with Gasteiger partial charge in [-0.3, -0.25) is 0 Å². The van der Waals surface area contributed by atoms with E-state index in [0.717, 1.165) is 25.1 Å². The maximum atomic E-state index is 9.11. The summed E-state index contributed by atoms with van der Waals surface area (Å²) in [4.78, 5) is 1.38. The van der Waals surface area contributed by atoms with Crippen molar-refractivity contribution in [2.75, 3.05) is 26.0 Å². The number of allylic oxidation sites excluding steroid dienone is 4. The summed E-state index contributed by atoms with van der Waals surface area (Å²) >= 11 is 1.93. The van der Waals surface area contributed by atoms with E-state index in [1.165, 1.54) is 10.7 Å². The normalized spacial score (nSPS) is 29.2. The Labute approximate surface area is 138 Å². The molecule has 0 aromatic carbocycles. The SMILES string of the molecule is CNCCC(OC1=CC(C)C(CCO)C=C1)C1=CC(C)CS1. The second-order valence-corrected chi connectivity index (χ2v) is 7.41. The Kier molecular flexibility index (Phi) is 7.06. The van der Waals surface area contributed by atoms with Gasteiger partial charge in [-0.05, 0) is 49.9 Å². The summed E-state index contributed by atoms with van der Waals surface area (Å²) in [5.74, 6) is 3.63. The molecule has 4 atom stereocenters. The van der Waals surface area contributed by atoms with Crippen molar-refractivity contribution < 1.29 is 9.84 Å². The Morgan fingerprint density at radius 1 is 1.41 bits per heavy atom. The van der Waals surface area contributed by atoms with E-state index >= 15 is 0 Å². The fourth-order valence-electron chi connectivity index (χ4n) is 2.92. The lowest BCUT2D eigenvalue weighted by Crippen LogP contribution is -2.22. The predicted molar refractivity (Wildman–Crippen MR) is 94.7 cm³/mol. The molecule has 124 valence electrons. The lowest BCUT2D eigenvalue weighted by molar-refractivity contribution is 0.148. The molecule has 0 saturated carbocycles. The molecule has 4 unspecified atom stereocenters. The van der Waals surface area contributed by atoms with Crippen LogP contribution in [0.4, 0.5) is 0 Å². The average molecular weight is 324 g/mol. The van der Waals surface area contributed by atoms with Crippen LogP contribution in [0.1, 0.15) is 26.7 Å². The molecule has 0 fully saturated rings. The van der Waals surface area contributed by atoms with Crippen LogP contribution in [0.2, 0.25) is 0 Å². The van der Waals surface area contributed by atoms with Crippen molar-refractivity contribution in [1.29, 1.82) is 0 Å². The number of thioether (sulfide) groups is 1. The third-order valence-corrected chi connectivity index (χ3v) is 5.71. The molecule has 0 bridgehead atoms. The van der Waals surface area contributed by atoms with Gasteiger partial charge in [0, 0.05) is 23.7 Å². The third kappa shape index (κ3) is 4.90. The van der Waals surface area contributed by atoms with Gasteiger partial charge in [-0.15, -0.1) is 11.8 Å². The van der Waals surface area contributed by atoms with Crippen LogP contribution >= 0.6 is 11.8 Å². The molecule has 2 rings (SSSR count). The van der Waals surface area contributed by atoms with E-state index in [0.29, 0.717) is 17.8 Å². The van der Waals surface area contributed by atoms with Crippen LogP contribution in [0.25, 0.3) is 0 Å². The molecule has 1 aliphatic heterocycles. The standard InChI is InChI=1S/C18H29NO2S/c1-13-10-18(22-12-13)17(6-8-19-3)21-16-5-4-15(7-9-20)14(2)11-16/h4-5,10-11,13-15,17,19-20H,6-9,12H2,1-3H3. The molecular weight excluding hydrogens is 294 g/mol. The second kappa shape index (κ2) is 8.80. The highest BCUT2D eigenvalue weighted by Gasteiger charge is 2.24. The summed E-state index contributed by atoms with van der Waals surface area (Å²) in [7, 11) is 1.98. The van der Waals surface area contributed by atoms with Gasteiger partial charge in [-0.1, -0.05) is 26.0 Å². The zero-order valence-corrected chi connectivity index (χ0v) is 14.7. The monoisotopic (exact) mass is 323 g/mol. The van der Waals surface area contributed by atoms with Crippen LogP contribution in [0.5, 0.6) is 0 Å². The van der Waals surface area contributed by atoms with Crippen molar-refractivity contribution >= 4 is 11.8 Å². The van der Waals surface area contributed by atoms with E-state index in [1.54, 1.807) is 0 Å². The van der Waals surface area contributed by atoms with Gasteiger partial charge in [-0.25, -0.2) is 0 Å². The van der Waals surface area contributed by atoms with Crippen LogP contribution in [0.15, 0.2) is 35.0 Å². The third-order valence-electron chi connectivity index (χ3n) is 4.29. The van der Waals surface area contributed by atoms with Gasteiger partial charge in [-0.2, -0.15) is 0 Å². The Morgan fingerprint density at radius 3 is 2.82 bits per heavy atom. The van der Waals surface area contributed by atoms with Crippen molar-refractivity contribution in [3.63, 3.8) is 0 Å². The summed E-state index contributed by atoms with van der Waals surface area (Å²) in [5, 5.41) is 12.3. The van der Waals surface area contributed by atoms with Gasteiger partial charge in [0.25, 0.3) is 0 Å². The van der Waals surface area contributed by atoms with Gasteiger partial charge in [0.15, 0.2) is 0 Å². The van der Waals surface area contributed by atoms with Crippen LogP contribution in [0, 0.1) is 17.8 Å². The lowest BCUT2D eigenvalue weighted by Gasteiger charge is -2.26. The number of aliphatic hydroxyl groups is 1. The van der Waals surface area contributed by atoms with E-state index in [9.17, 15) is 0 Å². The average Bonchev–Trinajstić information content (AvgIpc) is 2.93. The highest BCUT2D eigenvalue weighted by atomic mass is 32.2. The first kappa shape index (κ1) is 17.6. The van der Waals surface area contributed by atoms with Crippen LogP contribution in [-0.4, -0.2) is 37.2 Å². The minimum atomic E-state index is 0.153. The van der Waals surface area contributed by atoms with Crippen molar-refractivity contribution in [1.82, 2.24) is 5.32 Å². The first-order valence-electron chi connectivity index (χ1n) is 8.30. The molecule has 0 radical (unpaired) electrons. The highest BCUT2D eigenvalue weighted by molar-refractivity contribution is 8.03. The Balaban J connectivity index is 2.00. The quantitative estimate of drug-likeness (QED) is 0.719. The topological polar surface area (TPSA) is 41.5 Å². The molecule has 0 aromatic heterocycles. The van der Waals surface area contributed by atoms with Crippen molar-refractivity contribution in [3.8, 4) is 0 Å². The van der Waals surface area contributed by atoms with E-state index in [4.69, 9.17) is 9.84 Å². The Bertz CT molecular complexity index is 444. The molecule has 3 nitrogen and oxygen atoms in total. The van der Waals surface area contributed by atoms with E-state index in [1.807, 2.05) is 18.8 Å². The van der Waals surface area contributed by atoms with Gasteiger partial charge in [0.1, 0.15) is 11.9 Å². The molecule has 2 N–H and O–H groups in total. The minimum Gasteiger partial charge on any atom is -0.486 e. The number of hydrogen-bond donors (Lipinski definition) is 2. The number of ether oxygens (including phenoxy) is 1. The zero-order chi connectivity index (χ0) is 15.9. The van der Waals surface area contributed by atoms with Crippen molar-refractivity contribution in [3.05, 3.63) is 35.0 Å². The lowest BCUT2D eigenvalue weighted by atomic mass is 9.87. The fourth-order valence-corrected chi connectivity index (χ4v) is 4.15. The number of rotatable bonds is 8. The molecule has 0 aromatic rings. The molecular formula is C18H29NO2S. The molecule has 0 saturated heterocycles. The van der Waals surface area contributed by atoms with Crippen LogP contribution in [-0.2, 0) is 4.74 Å². The number of hydrogen-bond acceptors (Lipinski definition) is 4. The molecule has 0 amide bonds. The van der Waals surface area contributed by atoms with E-state index in [-0.39, 0.29) is 12.7 Å². The van der Waals surface area contributed by atoms with Crippen LogP contribution in [0.3, 0.4) is 0 Å². The number of nitrogens with one attached hydrogen (secondary N) is 1. The van der Waals surface area contributed by atoms with Gasteiger partial charge in [0.2, 0.25) is 0 Å². The molecule has 0 spiro atoms. The van der Waals surface area contributed by atoms with Crippen molar-refractivity contribution in [2.45, 2.75) is 32.8 Å². The fraction of sp³-hybridized carbons (Fsp3) is 0.667. The Morgan fingerprint density at radius 2 is 2.23 bits per heavy atom. The second-order valence-electron chi connectivity index (χ2n) is 6.32. The maximum Gasteiger partial charge on any atom is 0.130 e. The summed E-state index contributed by atoms with van der Waals surface area (Å²) in [6, 6.07) is 0. The summed E-state index contributed by atoms with van der Waals surface area (Å²) in [6.45, 7) is 5.66. The van der Waals surface area contributed by atoms with Crippen LogP contribution < -0.4 is 5.32 Å². The minimum absolute atomic E-state index is 0.153. The molecule has 4 heteroatoms.